The van der Waals surface area contributed by atoms with E-state index < -0.39 is 0 Å². The fraction of sp³-hybridized carbons (Fsp3) is 0.0400. The Morgan fingerprint density at radius 1 is 0.538 bits per heavy atom. The molecule has 0 aliphatic rings. The first-order chi connectivity index (χ1) is 12.8. The number of furan rings is 1. The van der Waals surface area contributed by atoms with Gasteiger partial charge >= 0.3 is 0 Å². The number of hydrogen-bond donors (Lipinski definition) is 0. The first-order valence-electron chi connectivity index (χ1n) is 8.88. The van der Waals surface area contributed by atoms with E-state index in [9.17, 15) is 0 Å². The lowest BCUT2D eigenvalue weighted by Gasteiger charge is -2.13. The van der Waals surface area contributed by atoms with Crippen molar-refractivity contribution >= 4 is 21.9 Å². The van der Waals surface area contributed by atoms with Crippen molar-refractivity contribution in [3.63, 3.8) is 0 Å². The second kappa shape index (κ2) is 5.89. The van der Waals surface area contributed by atoms with Gasteiger partial charge in [0, 0.05) is 10.8 Å². The van der Waals surface area contributed by atoms with Crippen molar-refractivity contribution in [3.8, 4) is 22.3 Å². The maximum absolute atomic E-state index is 6.04. The van der Waals surface area contributed by atoms with Crippen molar-refractivity contribution in [1.29, 1.82) is 0 Å². The van der Waals surface area contributed by atoms with Crippen LogP contribution in [0, 0.1) is 6.92 Å². The van der Waals surface area contributed by atoms with Gasteiger partial charge in [0.15, 0.2) is 0 Å². The Hall–Kier alpha value is -3.32. The molecule has 0 atom stereocenters. The summed E-state index contributed by atoms with van der Waals surface area (Å²) in [6, 6.07) is 31.7. The van der Waals surface area contributed by atoms with Crippen LogP contribution in [0.4, 0.5) is 0 Å². The van der Waals surface area contributed by atoms with Crippen molar-refractivity contribution in [2.24, 2.45) is 0 Å². The van der Waals surface area contributed by atoms with E-state index in [2.05, 4.69) is 85.8 Å². The van der Waals surface area contributed by atoms with Crippen LogP contribution < -0.4 is 0 Å². The second-order valence-electron chi connectivity index (χ2n) is 6.62. The highest BCUT2D eigenvalue weighted by Crippen LogP contribution is 2.39. The van der Waals surface area contributed by atoms with Crippen molar-refractivity contribution in [2.45, 2.75) is 6.92 Å². The molecule has 0 unspecified atom stereocenters. The number of hydrogen-bond acceptors (Lipinski definition) is 1. The average molecular weight is 334 g/mol. The average Bonchev–Trinajstić information content (AvgIpc) is 3.08. The first kappa shape index (κ1) is 15.0. The Balaban J connectivity index is 1.81. The molecular formula is C25H18O. The van der Waals surface area contributed by atoms with Gasteiger partial charge in [0.25, 0.3) is 0 Å². The van der Waals surface area contributed by atoms with Crippen LogP contribution >= 0.6 is 0 Å². The molecule has 0 aliphatic heterocycles. The SMILES string of the molecule is Cc1c(-c2ccccc2-c2ccccc2)ccc2oc3ccccc3c12. The molecule has 4 aromatic carbocycles. The Bertz CT molecular complexity index is 1230. The van der Waals surface area contributed by atoms with Crippen LogP contribution in [0.5, 0.6) is 0 Å². The normalized spacial score (nSPS) is 11.3. The molecule has 0 bridgehead atoms. The summed E-state index contributed by atoms with van der Waals surface area (Å²) < 4.78 is 6.04. The van der Waals surface area contributed by atoms with Gasteiger partial charge in [0.2, 0.25) is 0 Å². The zero-order valence-corrected chi connectivity index (χ0v) is 14.6. The highest BCUT2D eigenvalue weighted by molar-refractivity contribution is 6.09. The molecule has 0 N–H and O–H groups in total. The van der Waals surface area contributed by atoms with Crippen LogP contribution in [0.1, 0.15) is 5.56 Å². The Kier molecular flexibility index (Phi) is 3.39. The zero-order valence-electron chi connectivity index (χ0n) is 14.6. The van der Waals surface area contributed by atoms with Crippen molar-refractivity contribution in [1.82, 2.24) is 0 Å². The highest BCUT2D eigenvalue weighted by Gasteiger charge is 2.15. The van der Waals surface area contributed by atoms with E-state index in [1.165, 1.54) is 38.6 Å². The molecule has 5 rings (SSSR count). The van der Waals surface area contributed by atoms with Gasteiger partial charge in [-0.15, -0.1) is 0 Å². The molecule has 1 nitrogen and oxygen atoms in total. The van der Waals surface area contributed by atoms with E-state index in [0.717, 1.165) is 11.2 Å². The van der Waals surface area contributed by atoms with E-state index >= 15 is 0 Å². The minimum absolute atomic E-state index is 0.944. The maximum atomic E-state index is 6.04. The summed E-state index contributed by atoms with van der Waals surface area (Å²) in [4.78, 5) is 0. The number of benzene rings is 4. The van der Waals surface area contributed by atoms with Gasteiger partial charge in [-0.05, 0) is 46.9 Å². The molecule has 1 aromatic heterocycles. The number of aryl methyl sites for hydroxylation is 1. The summed E-state index contributed by atoms with van der Waals surface area (Å²) in [5.41, 5.74) is 8.15. The third-order valence-corrected chi connectivity index (χ3v) is 5.11. The van der Waals surface area contributed by atoms with Gasteiger partial charge in [0.05, 0.1) is 0 Å². The summed E-state index contributed by atoms with van der Waals surface area (Å²) in [7, 11) is 0. The topological polar surface area (TPSA) is 13.1 Å². The Labute approximate surface area is 152 Å². The fourth-order valence-corrected chi connectivity index (χ4v) is 3.87. The standard InChI is InChI=1S/C25H18O/c1-17-19(15-16-24-25(17)22-13-7-8-14-23(22)26-24)21-12-6-5-11-20(21)18-9-3-2-4-10-18/h2-16H,1H3. The van der Waals surface area contributed by atoms with Crippen LogP contribution in [0.2, 0.25) is 0 Å². The molecular weight excluding hydrogens is 316 g/mol. The first-order valence-corrected chi connectivity index (χ1v) is 8.88. The predicted octanol–water partition coefficient (Wildman–Crippen LogP) is 7.23. The van der Waals surface area contributed by atoms with Crippen molar-refractivity contribution in [3.05, 3.63) is 96.6 Å². The summed E-state index contributed by atoms with van der Waals surface area (Å²) in [6.07, 6.45) is 0. The molecule has 26 heavy (non-hydrogen) atoms. The number of fused-ring (bicyclic) bond motifs is 3. The summed E-state index contributed by atoms with van der Waals surface area (Å²) in [5.74, 6) is 0. The maximum Gasteiger partial charge on any atom is 0.135 e. The molecule has 1 heterocycles. The monoisotopic (exact) mass is 334 g/mol. The second-order valence-corrected chi connectivity index (χ2v) is 6.62. The fourth-order valence-electron chi connectivity index (χ4n) is 3.87. The predicted molar refractivity (Wildman–Crippen MR) is 109 cm³/mol. The van der Waals surface area contributed by atoms with Gasteiger partial charge in [-0.25, -0.2) is 0 Å². The molecule has 0 saturated heterocycles. The highest BCUT2D eigenvalue weighted by atomic mass is 16.3. The van der Waals surface area contributed by atoms with Crippen LogP contribution in [0.3, 0.4) is 0 Å². The van der Waals surface area contributed by atoms with Gasteiger partial charge in [0.1, 0.15) is 11.2 Å². The number of rotatable bonds is 2. The van der Waals surface area contributed by atoms with E-state index in [0.29, 0.717) is 0 Å². The molecule has 0 spiro atoms. The lowest BCUT2D eigenvalue weighted by atomic mass is 9.90. The molecule has 0 saturated carbocycles. The molecule has 0 aliphatic carbocycles. The molecule has 5 aromatic rings. The molecule has 0 amide bonds. The molecule has 0 radical (unpaired) electrons. The minimum atomic E-state index is 0.944. The van der Waals surface area contributed by atoms with Crippen LogP contribution in [0.25, 0.3) is 44.2 Å². The van der Waals surface area contributed by atoms with E-state index in [-0.39, 0.29) is 0 Å². The van der Waals surface area contributed by atoms with Crippen LogP contribution in [-0.4, -0.2) is 0 Å². The lowest BCUT2D eigenvalue weighted by molar-refractivity contribution is 0.669. The van der Waals surface area contributed by atoms with Crippen molar-refractivity contribution < 1.29 is 4.42 Å². The summed E-state index contributed by atoms with van der Waals surface area (Å²) in [5, 5.41) is 2.39. The Morgan fingerprint density at radius 3 is 2.08 bits per heavy atom. The van der Waals surface area contributed by atoms with E-state index in [1.54, 1.807) is 0 Å². The van der Waals surface area contributed by atoms with Gasteiger partial charge < -0.3 is 4.42 Å². The van der Waals surface area contributed by atoms with Crippen LogP contribution in [0.15, 0.2) is 95.4 Å². The lowest BCUT2D eigenvalue weighted by Crippen LogP contribution is -1.88. The minimum Gasteiger partial charge on any atom is -0.456 e. The largest absolute Gasteiger partial charge is 0.456 e. The van der Waals surface area contributed by atoms with Crippen molar-refractivity contribution in [2.75, 3.05) is 0 Å². The Morgan fingerprint density at radius 2 is 1.23 bits per heavy atom. The van der Waals surface area contributed by atoms with E-state index in [4.69, 9.17) is 4.42 Å². The molecule has 124 valence electrons. The van der Waals surface area contributed by atoms with Gasteiger partial charge in [-0.3, -0.25) is 0 Å². The number of para-hydroxylation sites is 1. The van der Waals surface area contributed by atoms with Crippen LogP contribution in [-0.2, 0) is 0 Å². The summed E-state index contributed by atoms with van der Waals surface area (Å²) >= 11 is 0. The van der Waals surface area contributed by atoms with Gasteiger partial charge in [-0.2, -0.15) is 0 Å². The third kappa shape index (κ3) is 2.25. The molecule has 0 fully saturated rings. The zero-order chi connectivity index (χ0) is 17.5. The quantitative estimate of drug-likeness (QED) is 0.332. The molecule has 1 heteroatoms. The smallest absolute Gasteiger partial charge is 0.135 e. The summed E-state index contributed by atoms with van der Waals surface area (Å²) in [6.45, 7) is 2.20. The third-order valence-electron chi connectivity index (χ3n) is 5.11. The van der Waals surface area contributed by atoms with Gasteiger partial charge in [-0.1, -0.05) is 78.9 Å². The van der Waals surface area contributed by atoms with E-state index in [1.807, 2.05) is 12.1 Å².